The molecule has 0 aliphatic carbocycles. The van der Waals surface area contributed by atoms with Crippen LogP contribution < -0.4 is 0 Å². The van der Waals surface area contributed by atoms with Crippen LogP contribution in [-0.2, 0) is 9.53 Å². The summed E-state index contributed by atoms with van der Waals surface area (Å²) in [4.78, 5) is 10.7. The lowest BCUT2D eigenvalue weighted by molar-refractivity contribution is -0.144. The highest BCUT2D eigenvalue weighted by Gasteiger charge is 2.29. The second-order valence-corrected chi connectivity index (χ2v) is 3.17. The third-order valence-corrected chi connectivity index (χ3v) is 1.93. The fraction of sp³-hybridized carbons (Fsp3) is 0.667. The molecule has 1 rings (SSSR count). The molecule has 2 nitrogen and oxygen atoms in total. The summed E-state index contributed by atoms with van der Waals surface area (Å²) >= 11 is 0. The van der Waals surface area contributed by atoms with Gasteiger partial charge in [0.05, 0.1) is 0 Å². The van der Waals surface area contributed by atoms with Gasteiger partial charge in [-0.2, -0.15) is 0 Å². The van der Waals surface area contributed by atoms with Gasteiger partial charge in [-0.25, -0.2) is 4.79 Å². The number of rotatable bonds is 3. The van der Waals surface area contributed by atoms with Crippen LogP contribution in [0.3, 0.4) is 0 Å². The predicted octanol–water partition coefficient (Wildman–Crippen LogP) is 2.05. The number of esters is 1. The molecule has 0 aromatic carbocycles. The predicted molar refractivity (Wildman–Crippen MR) is 43.2 cm³/mol. The van der Waals surface area contributed by atoms with Crippen LogP contribution in [0.4, 0.5) is 0 Å². The van der Waals surface area contributed by atoms with E-state index in [0.717, 1.165) is 19.3 Å². The van der Waals surface area contributed by atoms with Gasteiger partial charge >= 0.3 is 5.97 Å². The molecule has 0 aromatic rings. The number of cyclic esters (lactones) is 1. The van der Waals surface area contributed by atoms with Crippen molar-refractivity contribution >= 4 is 5.97 Å². The van der Waals surface area contributed by atoms with Gasteiger partial charge in [-0.3, -0.25) is 0 Å². The summed E-state index contributed by atoms with van der Waals surface area (Å²) in [5.74, 6) is -0.205. The third kappa shape index (κ3) is 2.07. The van der Waals surface area contributed by atoms with Gasteiger partial charge < -0.3 is 4.74 Å². The van der Waals surface area contributed by atoms with E-state index in [1.807, 2.05) is 13.0 Å². The molecule has 1 heterocycles. The molecule has 0 saturated heterocycles. The van der Waals surface area contributed by atoms with Crippen LogP contribution in [0.25, 0.3) is 0 Å². The van der Waals surface area contributed by atoms with Crippen LogP contribution in [0.2, 0.25) is 0 Å². The van der Waals surface area contributed by atoms with E-state index in [1.165, 1.54) is 6.08 Å². The first-order valence-electron chi connectivity index (χ1n) is 4.08. The summed E-state index contributed by atoms with van der Waals surface area (Å²) in [5, 5.41) is 0. The van der Waals surface area contributed by atoms with Crippen molar-refractivity contribution in [1.82, 2.24) is 0 Å². The first kappa shape index (κ1) is 8.31. The number of carbonyl (C=O) groups excluding carboxylic acids is 1. The Kier molecular flexibility index (Phi) is 2.32. The van der Waals surface area contributed by atoms with Crippen molar-refractivity contribution in [2.24, 2.45) is 0 Å². The first-order chi connectivity index (χ1) is 5.16. The zero-order valence-electron chi connectivity index (χ0n) is 7.09. The first-order valence-corrected chi connectivity index (χ1v) is 4.08. The monoisotopic (exact) mass is 154 g/mol. The average Bonchev–Trinajstić information content (AvgIpc) is 2.28. The fourth-order valence-corrected chi connectivity index (χ4v) is 1.20. The molecule has 1 atom stereocenters. The maximum Gasteiger partial charge on any atom is 0.331 e. The molecule has 1 aliphatic heterocycles. The topological polar surface area (TPSA) is 26.3 Å². The number of unbranched alkanes of at least 4 members (excludes halogenated alkanes) is 1. The van der Waals surface area contributed by atoms with Crippen LogP contribution in [0.15, 0.2) is 12.2 Å². The Balaban J connectivity index is 2.43. The van der Waals surface area contributed by atoms with Gasteiger partial charge in [0, 0.05) is 6.08 Å². The van der Waals surface area contributed by atoms with Crippen molar-refractivity contribution in [3.63, 3.8) is 0 Å². The molecule has 0 radical (unpaired) electrons. The van der Waals surface area contributed by atoms with Crippen LogP contribution in [0.1, 0.15) is 33.1 Å². The summed E-state index contributed by atoms with van der Waals surface area (Å²) < 4.78 is 5.10. The van der Waals surface area contributed by atoms with Crippen molar-refractivity contribution in [3.8, 4) is 0 Å². The Hall–Kier alpha value is -0.790. The lowest BCUT2D eigenvalue weighted by Crippen LogP contribution is -2.23. The highest BCUT2D eigenvalue weighted by atomic mass is 16.6. The SMILES string of the molecule is CCCC[C@]1(C)C=CC(=O)O1. The molecule has 2 heteroatoms. The van der Waals surface area contributed by atoms with E-state index >= 15 is 0 Å². The Morgan fingerprint density at radius 1 is 1.64 bits per heavy atom. The Bertz CT molecular complexity index is 184. The molecule has 0 saturated carbocycles. The van der Waals surface area contributed by atoms with Crippen LogP contribution in [-0.4, -0.2) is 11.6 Å². The summed E-state index contributed by atoms with van der Waals surface area (Å²) in [7, 11) is 0. The third-order valence-electron chi connectivity index (χ3n) is 1.93. The summed E-state index contributed by atoms with van der Waals surface area (Å²) in [6, 6.07) is 0. The number of hydrogen-bond donors (Lipinski definition) is 0. The zero-order chi connectivity index (χ0) is 8.32. The quantitative estimate of drug-likeness (QED) is 0.581. The molecule has 0 N–H and O–H groups in total. The zero-order valence-corrected chi connectivity index (χ0v) is 7.09. The molecule has 0 bridgehead atoms. The standard InChI is InChI=1S/C9H14O2/c1-3-4-6-9(2)7-5-8(10)11-9/h5,7H,3-4,6H2,1-2H3/t9-/m1/s1. The van der Waals surface area contributed by atoms with Crippen molar-refractivity contribution in [2.75, 3.05) is 0 Å². The minimum absolute atomic E-state index is 0.205. The van der Waals surface area contributed by atoms with E-state index in [9.17, 15) is 4.79 Å². The van der Waals surface area contributed by atoms with E-state index in [2.05, 4.69) is 6.92 Å². The average molecular weight is 154 g/mol. The molecule has 62 valence electrons. The summed E-state index contributed by atoms with van der Waals surface area (Å²) in [5.41, 5.74) is -0.312. The fourth-order valence-electron chi connectivity index (χ4n) is 1.20. The van der Waals surface area contributed by atoms with Gasteiger partial charge in [0.15, 0.2) is 0 Å². The summed E-state index contributed by atoms with van der Waals surface area (Å²) in [6.45, 7) is 4.08. The highest BCUT2D eigenvalue weighted by molar-refractivity contribution is 5.85. The maximum atomic E-state index is 10.7. The van der Waals surface area contributed by atoms with Gasteiger partial charge in [-0.1, -0.05) is 13.3 Å². The van der Waals surface area contributed by atoms with Gasteiger partial charge in [0.1, 0.15) is 5.60 Å². The second-order valence-electron chi connectivity index (χ2n) is 3.17. The van der Waals surface area contributed by atoms with Crippen molar-refractivity contribution in [2.45, 2.75) is 38.7 Å². The molecule has 0 aromatic heterocycles. The lowest BCUT2D eigenvalue weighted by atomic mass is 10.00. The lowest BCUT2D eigenvalue weighted by Gasteiger charge is -2.20. The van der Waals surface area contributed by atoms with Crippen molar-refractivity contribution in [1.29, 1.82) is 0 Å². The normalized spacial score (nSPS) is 29.1. The number of ether oxygens (including phenoxy) is 1. The molecule has 0 unspecified atom stereocenters. The van der Waals surface area contributed by atoms with Crippen LogP contribution in [0.5, 0.6) is 0 Å². The summed E-state index contributed by atoms with van der Waals surface area (Å²) in [6.07, 6.45) is 6.54. The second kappa shape index (κ2) is 3.07. The molecular weight excluding hydrogens is 140 g/mol. The van der Waals surface area contributed by atoms with Gasteiger partial charge in [-0.15, -0.1) is 0 Å². The largest absolute Gasteiger partial charge is 0.452 e. The minimum Gasteiger partial charge on any atom is -0.452 e. The van der Waals surface area contributed by atoms with E-state index in [0.29, 0.717) is 0 Å². The Morgan fingerprint density at radius 3 is 2.82 bits per heavy atom. The maximum absolute atomic E-state index is 10.7. The van der Waals surface area contributed by atoms with Crippen molar-refractivity contribution in [3.05, 3.63) is 12.2 Å². The van der Waals surface area contributed by atoms with Gasteiger partial charge in [0.2, 0.25) is 0 Å². The smallest absolute Gasteiger partial charge is 0.331 e. The molecule has 1 aliphatic rings. The van der Waals surface area contributed by atoms with Gasteiger partial charge in [-0.05, 0) is 25.8 Å². The van der Waals surface area contributed by atoms with E-state index in [1.54, 1.807) is 0 Å². The van der Waals surface area contributed by atoms with E-state index < -0.39 is 0 Å². The number of hydrogen-bond acceptors (Lipinski definition) is 2. The molecule has 0 amide bonds. The van der Waals surface area contributed by atoms with Crippen molar-refractivity contribution < 1.29 is 9.53 Å². The molecular formula is C9H14O2. The van der Waals surface area contributed by atoms with Crippen LogP contribution >= 0.6 is 0 Å². The Labute approximate surface area is 67.2 Å². The van der Waals surface area contributed by atoms with Crippen LogP contribution in [0, 0.1) is 0 Å². The van der Waals surface area contributed by atoms with Gasteiger partial charge in [0.25, 0.3) is 0 Å². The molecule has 0 spiro atoms. The molecule has 0 fully saturated rings. The Morgan fingerprint density at radius 2 is 2.36 bits per heavy atom. The highest BCUT2D eigenvalue weighted by Crippen LogP contribution is 2.24. The molecule has 11 heavy (non-hydrogen) atoms. The van der Waals surface area contributed by atoms with E-state index in [4.69, 9.17) is 4.74 Å². The van der Waals surface area contributed by atoms with E-state index in [-0.39, 0.29) is 11.6 Å². The number of carbonyl (C=O) groups is 1. The minimum atomic E-state index is -0.312.